The normalized spacial score (nSPS) is 13.9. The van der Waals surface area contributed by atoms with Crippen molar-refractivity contribution in [2.45, 2.75) is 20.8 Å². The summed E-state index contributed by atoms with van der Waals surface area (Å²) in [6, 6.07) is 0. The Morgan fingerprint density at radius 1 is 1.50 bits per heavy atom. The molecule has 0 heterocycles. The van der Waals surface area contributed by atoms with Crippen LogP contribution >= 0.6 is 0 Å². The standard InChI is InChI=1S/C10H22N4O2/c1-4-14(5-2)7-6-12-10(15)8(3)9(11)13-16/h8,16H,4-7H2,1-3H3,(H2,11,13)(H,12,15). The summed E-state index contributed by atoms with van der Waals surface area (Å²) in [5, 5.41) is 14.0. The number of oxime groups is 1. The molecule has 1 unspecified atom stereocenters. The molecule has 0 aromatic rings. The molecule has 0 saturated heterocycles. The van der Waals surface area contributed by atoms with E-state index < -0.39 is 5.92 Å². The van der Waals surface area contributed by atoms with E-state index in [1.165, 1.54) is 0 Å². The van der Waals surface area contributed by atoms with Crippen LogP contribution in [0.1, 0.15) is 20.8 Å². The van der Waals surface area contributed by atoms with Crippen molar-refractivity contribution >= 4 is 11.7 Å². The Morgan fingerprint density at radius 2 is 2.06 bits per heavy atom. The molecule has 1 atom stereocenters. The second-order valence-electron chi connectivity index (χ2n) is 3.56. The minimum atomic E-state index is -0.596. The molecule has 0 saturated carbocycles. The molecule has 0 aliphatic carbocycles. The Hall–Kier alpha value is -1.30. The Morgan fingerprint density at radius 3 is 2.50 bits per heavy atom. The van der Waals surface area contributed by atoms with Crippen LogP contribution in [0.25, 0.3) is 0 Å². The Balaban J connectivity index is 3.90. The molecule has 0 aromatic carbocycles. The zero-order chi connectivity index (χ0) is 12.6. The lowest BCUT2D eigenvalue weighted by Crippen LogP contribution is -2.40. The Bertz CT molecular complexity index is 239. The lowest BCUT2D eigenvalue weighted by atomic mass is 10.1. The second kappa shape index (κ2) is 7.92. The summed E-state index contributed by atoms with van der Waals surface area (Å²) in [6.45, 7) is 9.05. The van der Waals surface area contributed by atoms with Gasteiger partial charge in [0.05, 0.1) is 5.92 Å². The van der Waals surface area contributed by atoms with Gasteiger partial charge in [-0.15, -0.1) is 0 Å². The first-order chi connectivity index (χ1) is 7.56. The highest BCUT2D eigenvalue weighted by atomic mass is 16.4. The summed E-state index contributed by atoms with van der Waals surface area (Å²) in [7, 11) is 0. The van der Waals surface area contributed by atoms with Gasteiger partial charge in [-0.2, -0.15) is 0 Å². The van der Waals surface area contributed by atoms with Gasteiger partial charge in [-0.05, 0) is 20.0 Å². The zero-order valence-corrected chi connectivity index (χ0v) is 10.2. The molecule has 0 bridgehead atoms. The maximum Gasteiger partial charge on any atom is 0.230 e. The number of amides is 1. The number of amidine groups is 1. The molecule has 1 amide bonds. The van der Waals surface area contributed by atoms with Gasteiger partial charge in [-0.1, -0.05) is 19.0 Å². The van der Waals surface area contributed by atoms with Gasteiger partial charge in [0.1, 0.15) is 0 Å². The van der Waals surface area contributed by atoms with E-state index in [2.05, 4.69) is 29.2 Å². The minimum Gasteiger partial charge on any atom is -0.409 e. The van der Waals surface area contributed by atoms with E-state index in [-0.39, 0.29) is 11.7 Å². The number of hydrogen-bond acceptors (Lipinski definition) is 4. The van der Waals surface area contributed by atoms with Crippen LogP contribution in [0.5, 0.6) is 0 Å². The van der Waals surface area contributed by atoms with E-state index in [1.807, 2.05) is 0 Å². The van der Waals surface area contributed by atoms with E-state index in [0.717, 1.165) is 19.6 Å². The van der Waals surface area contributed by atoms with Gasteiger partial charge in [0.2, 0.25) is 5.91 Å². The van der Waals surface area contributed by atoms with E-state index in [1.54, 1.807) is 6.92 Å². The van der Waals surface area contributed by atoms with E-state index in [9.17, 15) is 4.79 Å². The summed E-state index contributed by atoms with van der Waals surface area (Å²) >= 11 is 0. The smallest absolute Gasteiger partial charge is 0.230 e. The van der Waals surface area contributed by atoms with Crippen LogP contribution in [0.2, 0.25) is 0 Å². The van der Waals surface area contributed by atoms with Crippen molar-refractivity contribution in [2.24, 2.45) is 16.8 Å². The molecular weight excluding hydrogens is 208 g/mol. The monoisotopic (exact) mass is 230 g/mol. The van der Waals surface area contributed by atoms with Gasteiger partial charge in [0.15, 0.2) is 5.84 Å². The van der Waals surface area contributed by atoms with Gasteiger partial charge >= 0.3 is 0 Å². The molecule has 4 N–H and O–H groups in total. The fourth-order valence-electron chi connectivity index (χ4n) is 1.25. The van der Waals surface area contributed by atoms with Crippen LogP contribution < -0.4 is 11.1 Å². The number of carbonyl (C=O) groups excluding carboxylic acids is 1. The first-order valence-corrected chi connectivity index (χ1v) is 5.54. The average Bonchev–Trinajstić information content (AvgIpc) is 2.32. The molecule has 0 fully saturated rings. The lowest BCUT2D eigenvalue weighted by molar-refractivity contribution is -0.122. The minimum absolute atomic E-state index is 0.0691. The first-order valence-electron chi connectivity index (χ1n) is 5.54. The van der Waals surface area contributed by atoms with Gasteiger partial charge in [0.25, 0.3) is 0 Å². The lowest BCUT2D eigenvalue weighted by Gasteiger charge is -2.18. The Kier molecular flexibility index (Phi) is 7.28. The van der Waals surface area contributed by atoms with Crippen LogP contribution in [0.15, 0.2) is 5.16 Å². The number of nitrogens with zero attached hydrogens (tertiary/aromatic N) is 2. The van der Waals surface area contributed by atoms with Crippen LogP contribution in [0.3, 0.4) is 0 Å². The third kappa shape index (κ3) is 4.97. The topological polar surface area (TPSA) is 91.0 Å². The second-order valence-corrected chi connectivity index (χ2v) is 3.56. The number of nitrogens with one attached hydrogen (secondary N) is 1. The van der Waals surface area contributed by atoms with Gasteiger partial charge in [-0.25, -0.2) is 0 Å². The third-order valence-electron chi connectivity index (χ3n) is 2.57. The summed E-state index contributed by atoms with van der Waals surface area (Å²) in [5.74, 6) is -0.885. The predicted molar refractivity (Wildman–Crippen MR) is 63.4 cm³/mol. The molecule has 0 aromatic heterocycles. The van der Waals surface area contributed by atoms with Crippen LogP contribution in [0, 0.1) is 5.92 Å². The summed E-state index contributed by atoms with van der Waals surface area (Å²) in [5.41, 5.74) is 5.33. The molecule has 0 aliphatic heterocycles. The third-order valence-corrected chi connectivity index (χ3v) is 2.57. The quantitative estimate of drug-likeness (QED) is 0.245. The van der Waals surface area contributed by atoms with E-state index in [4.69, 9.17) is 10.9 Å². The molecular formula is C10H22N4O2. The highest BCUT2D eigenvalue weighted by Crippen LogP contribution is 1.94. The largest absolute Gasteiger partial charge is 0.409 e. The van der Waals surface area contributed by atoms with Crippen molar-refractivity contribution in [2.75, 3.05) is 26.2 Å². The predicted octanol–water partition coefficient (Wildman–Crippen LogP) is -0.173. The van der Waals surface area contributed by atoms with Gasteiger partial charge in [-0.3, -0.25) is 4.79 Å². The van der Waals surface area contributed by atoms with Crippen molar-refractivity contribution in [1.82, 2.24) is 10.2 Å². The molecule has 16 heavy (non-hydrogen) atoms. The molecule has 0 spiro atoms. The number of carbonyl (C=O) groups is 1. The number of nitrogens with two attached hydrogens (primary N) is 1. The summed E-state index contributed by atoms with van der Waals surface area (Å²) in [6.07, 6.45) is 0. The van der Waals surface area contributed by atoms with Crippen molar-refractivity contribution in [3.63, 3.8) is 0 Å². The van der Waals surface area contributed by atoms with Crippen molar-refractivity contribution in [1.29, 1.82) is 0 Å². The molecule has 94 valence electrons. The number of likely N-dealkylation sites (N-methyl/N-ethyl adjacent to an activating group) is 1. The van der Waals surface area contributed by atoms with Crippen molar-refractivity contribution in [3.05, 3.63) is 0 Å². The maximum atomic E-state index is 11.5. The zero-order valence-electron chi connectivity index (χ0n) is 10.2. The molecule has 6 heteroatoms. The van der Waals surface area contributed by atoms with E-state index >= 15 is 0 Å². The van der Waals surface area contributed by atoms with E-state index in [0.29, 0.717) is 6.54 Å². The van der Waals surface area contributed by atoms with Gasteiger partial charge in [0, 0.05) is 13.1 Å². The van der Waals surface area contributed by atoms with Crippen LogP contribution in [0.4, 0.5) is 0 Å². The van der Waals surface area contributed by atoms with Crippen LogP contribution in [-0.2, 0) is 4.79 Å². The first kappa shape index (κ1) is 14.7. The summed E-state index contributed by atoms with van der Waals surface area (Å²) in [4.78, 5) is 13.7. The highest BCUT2D eigenvalue weighted by molar-refractivity contribution is 6.01. The van der Waals surface area contributed by atoms with Crippen LogP contribution in [-0.4, -0.2) is 48.0 Å². The Labute approximate surface area is 96.5 Å². The number of hydrogen-bond donors (Lipinski definition) is 3. The molecule has 0 radical (unpaired) electrons. The fraction of sp³-hybridized carbons (Fsp3) is 0.800. The van der Waals surface area contributed by atoms with Crippen molar-refractivity contribution < 1.29 is 10.0 Å². The SMILES string of the molecule is CCN(CC)CCNC(=O)C(C)C(N)=NO. The fourth-order valence-corrected chi connectivity index (χ4v) is 1.25. The highest BCUT2D eigenvalue weighted by Gasteiger charge is 2.16. The van der Waals surface area contributed by atoms with Gasteiger partial charge < -0.3 is 21.2 Å². The molecule has 6 nitrogen and oxygen atoms in total. The summed E-state index contributed by atoms with van der Waals surface area (Å²) < 4.78 is 0. The average molecular weight is 230 g/mol. The molecule has 0 aliphatic rings. The van der Waals surface area contributed by atoms with Crippen molar-refractivity contribution in [3.8, 4) is 0 Å². The molecule has 0 rings (SSSR count). The maximum absolute atomic E-state index is 11.5. The number of rotatable bonds is 7.